The van der Waals surface area contributed by atoms with Crippen LogP contribution in [-0.2, 0) is 6.54 Å². The summed E-state index contributed by atoms with van der Waals surface area (Å²) in [7, 11) is 0. The number of hydrogen-bond donors (Lipinski definition) is 1. The molecule has 0 saturated heterocycles. The van der Waals surface area contributed by atoms with Gasteiger partial charge in [-0.3, -0.25) is 0 Å². The maximum Gasteiger partial charge on any atom is 0.0837 e. The van der Waals surface area contributed by atoms with Crippen molar-refractivity contribution >= 4 is 0 Å². The van der Waals surface area contributed by atoms with E-state index in [4.69, 9.17) is 5.26 Å². The van der Waals surface area contributed by atoms with Gasteiger partial charge in [0.1, 0.15) is 0 Å². The summed E-state index contributed by atoms with van der Waals surface area (Å²) in [6, 6.07) is 15.8. The van der Waals surface area contributed by atoms with E-state index in [2.05, 4.69) is 21.6 Å². The molecule has 0 amide bonds. The van der Waals surface area contributed by atoms with E-state index in [1.165, 1.54) is 0 Å². The minimum atomic E-state index is -0.136. The van der Waals surface area contributed by atoms with Crippen molar-refractivity contribution in [3.63, 3.8) is 0 Å². The van der Waals surface area contributed by atoms with E-state index in [1.807, 2.05) is 42.5 Å². The zero-order valence-corrected chi connectivity index (χ0v) is 9.95. The van der Waals surface area contributed by atoms with Crippen molar-refractivity contribution in [2.45, 2.75) is 12.5 Å². The molecule has 2 aromatic rings. The van der Waals surface area contributed by atoms with Gasteiger partial charge >= 0.3 is 0 Å². The third-order valence-electron chi connectivity index (χ3n) is 2.64. The lowest BCUT2D eigenvalue weighted by Gasteiger charge is -2.10. The smallest absolute Gasteiger partial charge is 0.0837 e. The first kappa shape index (κ1) is 12.2. The van der Waals surface area contributed by atoms with Gasteiger partial charge < -0.3 is 5.32 Å². The highest BCUT2D eigenvalue weighted by Crippen LogP contribution is 2.13. The SMILES string of the molecule is N#CC(CNCc1cccnn1)c1ccccc1. The first-order valence-electron chi connectivity index (χ1n) is 5.82. The van der Waals surface area contributed by atoms with Crippen molar-refractivity contribution in [2.24, 2.45) is 0 Å². The number of hydrogen-bond acceptors (Lipinski definition) is 4. The molecule has 0 radical (unpaired) electrons. The molecule has 18 heavy (non-hydrogen) atoms. The molecule has 4 nitrogen and oxygen atoms in total. The number of rotatable bonds is 5. The lowest BCUT2D eigenvalue weighted by atomic mass is 10.0. The van der Waals surface area contributed by atoms with Crippen LogP contribution in [0.15, 0.2) is 48.7 Å². The van der Waals surface area contributed by atoms with Gasteiger partial charge in [0.15, 0.2) is 0 Å². The molecule has 2 rings (SSSR count). The van der Waals surface area contributed by atoms with Gasteiger partial charge in [-0.2, -0.15) is 15.5 Å². The normalized spacial score (nSPS) is 11.7. The second kappa shape index (κ2) is 6.48. The van der Waals surface area contributed by atoms with Crippen LogP contribution in [0.4, 0.5) is 0 Å². The quantitative estimate of drug-likeness (QED) is 0.863. The van der Waals surface area contributed by atoms with Crippen LogP contribution >= 0.6 is 0 Å². The number of aromatic nitrogens is 2. The van der Waals surface area contributed by atoms with Gasteiger partial charge in [0, 0.05) is 19.3 Å². The molecule has 90 valence electrons. The van der Waals surface area contributed by atoms with Gasteiger partial charge in [-0.1, -0.05) is 30.3 Å². The summed E-state index contributed by atoms with van der Waals surface area (Å²) in [4.78, 5) is 0. The fourth-order valence-corrected chi connectivity index (χ4v) is 1.70. The van der Waals surface area contributed by atoms with Crippen LogP contribution in [0.25, 0.3) is 0 Å². The van der Waals surface area contributed by atoms with Gasteiger partial charge in [0.25, 0.3) is 0 Å². The van der Waals surface area contributed by atoms with Crippen LogP contribution < -0.4 is 5.32 Å². The van der Waals surface area contributed by atoms with E-state index in [-0.39, 0.29) is 5.92 Å². The maximum atomic E-state index is 9.16. The first-order chi connectivity index (χ1) is 8.90. The Morgan fingerprint density at radius 3 is 2.67 bits per heavy atom. The minimum absolute atomic E-state index is 0.136. The average molecular weight is 238 g/mol. The van der Waals surface area contributed by atoms with Crippen molar-refractivity contribution in [3.8, 4) is 6.07 Å². The zero-order chi connectivity index (χ0) is 12.6. The molecule has 0 bridgehead atoms. The standard InChI is InChI=1S/C14H14N4/c15-9-13(12-5-2-1-3-6-12)10-16-11-14-7-4-8-17-18-14/h1-8,13,16H,10-11H2. The molecule has 0 saturated carbocycles. The summed E-state index contributed by atoms with van der Waals surface area (Å²) in [6.07, 6.45) is 1.64. The Morgan fingerprint density at radius 2 is 2.00 bits per heavy atom. The number of nitriles is 1. The zero-order valence-electron chi connectivity index (χ0n) is 9.95. The topological polar surface area (TPSA) is 61.6 Å². The van der Waals surface area contributed by atoms with Gasteiger partial charge in [-0.15, -0.1) is 0 Å². The maximum absolute atomic E-state index is 9.16. The van der Waals surface area contributed by atoms with E-state index in [0.717, 1.165) is 11.3 Å². The first-order valence-corrected chi connectivity index (χ1v) is 5.82. The summed E-state index contributed by atoms with van der Waals surface area (Å²) in [5, 5.41) is 20.2. The van der Waals surface area contributed by atoms with Gasteiger partial charge in [-0.05, 0) is 17.7 Å². The molecule has 1 aromatic heterocycles. The summed E-state index contributed by atoms with van der Waals surface area (Å²) < 4.78 is 0. The van der Waals surface area contributed by atoms with Crippen LogP contribution in [0.2, 0.25) is 0 Å². The lowest BCUT2D eigenvalue weighted by molar-refractivity contribution is 0.637. The Hall–Kier alpha value is -2.25. The Bertz CT molecular complexity index is 504. The second-order valence-corrected chi connectivity index (χ2v) is 3.94. The molecule has 0 spiro atoms. The van der Waals surface area contributed by atoms with E-state index in [0.29, 0.717) is 13.1 Å². The van der Waals surface area contributed by atoms with Crippen molar-refractivity contribution in [2.75, 3.05) is 6.54 Å². The fraction of sp³-hybridized carbons (Fsp3) is 0.214. The third-order valence-corrected chi connectivity index (χ3v) is 2.64. The van der Waals surface area contributed by atoms with Crippen LogP contribution in [0.3, 0.4) is 0 Å². The van der Waals surface area contributed by atoms with Gasteiger partial charge in [0.2, 0.25) is 0 Å². The predicted molar refractivity (Wildman–Crippen MR) is 68.5 cm³/mol. The average Bonchev–Trinajstić information content (AvgIpc) is 2.46. The molecule has 1 aromatic carbocycles. The second-order valence-electron chi connectivity index (χ2n) is 3.94. The molecular weight excluding hydrogens is 224 g/mol. The molecular formula is C14H14N4. The third kappa shape index (κ3) is 3.37. The summed E-state index contributed by atoms with van der Waals surface area (Å²) in [5.41, 5.74) is 1.91. The Balaban J connectivity index is 1.88. The van der Waals surface area contributed by atoms with Crippen molar-refractivity contribution in [3.05, 3.63) is 59.9 Å². The van der Waals surface area contributed by atoms with Crippen molar-refractivity contribution in [1.82, 2.24) is 15.5 Å². The van der Waals surface area contributed by atoms with E-state index in [1.54, 1.807) is 6.20 Å². The van der Waals surface area contributed by atoms with E-state index < -0.39 is 0 Å². The Labute approximate surface area is 106 Å². The highest BCUT2D eigenvalue weighted by atomic mass is 15.1. The molecule has 1 N–H and O–H groups in total. The molecule has 1 unspecified atom stereocenters. The largest absolute Gasteiger partial charge is 0.309 e. The van der Waals surface area contributed by atoms with Gasteiger partial charge in [0.05, 0.1) is 17.7 Å². The molecule has 0 aliphatic rings. The highest BCUT2D eigenvalue weighted by Gasteiger charge is 2.09. The van der Waals surface area contributed by atoms with Crippen molar-refractivity contribution in [1.29, 1.82) is 5.26 Å². The summed E-state index contributed by atoms with van der Waals surface area (Å²) >= 11 is 0. The van der Waals surface area contributed by atoms with Crippen LogP contribution in [0.5, 0.6) is 0 Å². The predicted octanol–water partition coefficient (Wildman–Crippen LogP) is 1.87. The number of benzene rings is 1. The van der Waals surface area contributed by atoms with Crippen LogP contribution in [-0.4, -0.2) is 16.7 Å². The monoisotopic (exact) mass is 238 g/mol. The molecule has 1 atom stereocenters. The van der Waals surface area contributed by atoms with Gasteiger partial charge in [-0.25, -0.2) is 0 Å². The molecule has 0 fully saturated rings. The minimum Gasteiger partial charge on any atom is -0.309 e. The Kier molecular flexibility index (Phi) is 4.39. The number of nitrogens with zero attached hydrogens (tertiary/aromatic N) is 3. The summed E-state index contributed by atoms with van der Waals surface area (Å²) in [6.45, 7) is 1.23. The molecule has 4 heteroatoms. The fourth-order valence-electron chi connectivity index (χ4n) is 1.70. The Morgan fingerprint density at radius 1 is 1.17 bits per heavy atom. The van der Waals surface area contributed by atoms with E-state index >= 15 is 0 Å². The van der Waals surface area contributed by atoms with Crippen molar-refractivity contribution < 1.29 is 0 Å². The highest BCUT2D eigenvalue weighted by molar-refractivity contribution is 5.25. The summed E-state index contributed by atoms with van der Waals surface area (Å²) in [5.74, 6) is -0.136. The van der Waals surface area contributed by atoms with Crippen LogP contribution in [0.1, 0.15) is 17.2 Å². The molecule has 0 aliphatic carbocycles. The molecule has 1 heterocycles. The molecule has 0 aliphatic heterocycles. The number of nitrogens with one attached hydrogen (secondary N) is 1. The van der Waals surface area contributed by atoms with Crippen LogP contribution in [0, 0.1) is 11.3 Å². The van der Waals surface area contributed by atoms with E-state index in [9.17, 15) is 0 Å². The lowest BCUT2D eigenvalue weighted by Crippen LogP contribution is -2.21.